The number of terminal acetylenes is 1. The van der Waals surface area contributed by atoms with Crippen molar-refractivity contribution < 1.29 is 18.4 Å². The summed E-state index contributed by atoms with van der Waals surface area (Å²) in [5.41, 5.74) is 0.887. The zero-order valence-electron chi connectivity index (χ0n) is 14.6. The molecule has 0 radical (unpaired) electrons. The average Bonchev–Trinajstić information content (AvgIpc) is 2.88. The zero-order valence-corrected chi connectivity index (χ0v) is 15.3. The number of likely N-dealkylation sites (tertiary alicyclic amines) is 1. The molecule has 1 N–H and O–H groups in total. The van der Waals surface area contributed by atoms with Crippen LogP contribution < -0.4 is 5.32 Å². The molecule has 140 valence electrons. The lowest BCUT2D eigenvalue weighted by atomic mass is 10.1. The first-order valence-corrected chi connectivity index (χ1v) is 8.57. The lowest BCUT2D eigenvalue weighted by molar-refractivity contribution is -0.131. The van der Waals surface area contributed by atoms with E-state index in [1.165, 1.54) is 6.20 Å². The molecule has 8 heteroatoms. The van der Waals surface area contributed by atoms with Gasteiger partial charge < -0.3 is 10.2 Å². The average molecular weight is 384 g/mol. The Hall–Kier alpha value is -2.20. The third-order valence-electron chi connectivity index (χ3n) is 3.96. The topological polar surface area (TPSA) is 62.3 Å². The van der Waals surface area contributed by atoms with Crippen LogP contribution in [-0.4, -0.2) is 46.8 Å². The van der Waals surface area contributed by atoms with Gasteiger partial charge in [0.25, 0.3) is 11.8 Å². The highest BCUT2D eigenvalue weighted by molar-refractivity contribution is 6.33. The van der Waals surface area contributed by atoms with Crippen molar-refractivity contribution in [1.29, 1.82) is 0 Å². The molecular formula is C18H20ClF2N3O2. The molecule has 26 heavy (non-hydrogen) atoms. The third kappa shape index (κ3) is 4.92. The predicted octanol–water partition coefficient (Wildman–Crippen LogP) is 2.53. The smallest absolute Gasteiger partial charge is 0.268 e. The molecule has 0 unspecified atom stereocenters. The minimum Gasteiger partial charge on any atom is -0.343 e. The Morgan fingerprint density at radius 3 is 2.85 bits per heavy atom. The van der Waals surface area contributed by atoms with Gasteiger partial charge in [0.05, 0.1) is 29.7 Å². The van der Waals surface area contributed by atoms with Gasteiger partial charge in [-0.15, -0.1) is 6.42 Å². The van der Waals surface area contributed by atoms with E-state index < -0.39 is 43.3 Å². The fourth-order valence-electron chi connectivity index (χ4n) is 2.77. The van der Waals surface area contributed by atoms with Crippen molar-refractivity contribution in [1.82, 2.24) is 15.2 Å². The minimum atomic E-state index is -3.02. The summed E-state index contributed by atoms with van der Waals surface area (Å²) >= 11 is 6.01. The molecule has 1 saturated heterocycles. The molecule has 5 nitrogen and oxygen atoms in total. The second-order valence-electron chi connectivity index (χ2n) is 6.70. The van der Waals surface area contributed by atoms with Gasteiger partial charge in [0, 0.05) is 18.3 Å². The second kappa shape index (κ2) is 8.00. The van der Waals surface area contributed by atoms with Gasteiger partial charge in [0.15, 0.2) is 0 Å². The lowest BCUT2D eigenvalue weighted by Crippen LogP contribution is -2.43. The van der Waals surface area contributed by atoms with Crippen molar-refractivity contribution in [3.63, 3.8) is 0 Å². The van der Waals surface area contributed by atoms with E-state index in [9.17, 15) is 18.4 Å². The second-order valence-corrected chi connectivity index (χ2v) is 7.11. The molecule has 1 aliphatic rings. The summed E-state index contributed by atoms with van der Waals surface area (Å²) in [7, 11) is 0. The van der Waals surface area contributed by atoms with Crippen LogP contribution in [0.1, 0.15) is 36.3 Å². The first kappa shape index (κ1) is 20.1. The van der Waals surface area contributed by atoms with E-state index in [2.05, 4.69) is 16.2 Å². The van der Waals surface area contributed by atoms with Crippen LogP contribution in [0.5, 0.6) is 0 Å². The first-order chi connectivity index (χ1) is 12.1. The largest absolute Gasteiger partial charge is 0.343 e. The standard InChI is InChI=1S/C18H20ClF2N3O2/c1-4-13-7-18(20,21)10-24(13)16(25)9-23-17(26)14-6-12(5-11(2)3)22-8-15(14)19/h1,6,8,11,13H,5,7,9-10H2,2-3H3,(H,23,26)/t13-/m1/s1. The number of hydrogen-bond acceptors (Lipinski definition) is 3. The highest BCUT2D eigenvalue weighted by atomic mass is 35.5. The molecule has 2 rings (SSSR count). The zero-order chi connectivity index (χ0) is 19.5. The fraction of sp³-hybridized carbons (Fsp3) is 0.500. The highest BCUT2D eigenvalue weighted by Crippen LogP contribution is 2.31. The van der Waals surface area contributed by atoms with Crippen LogP contribution in [0.4, 0.5) is 8.78 Å². The predicted molar refractivity (Wildman–Crippen MR) is 94.0 cm³/mol. The molecule has 2 amide bonds. The van der Waals surface area contributed by atoms with Crippen molar-refractivity contribution in [2.75, 3.05) is 13.1 Å². The molecule has 1 atom stereocenters. The summed E-state index contributed by atoms with van der Waals surface area (Å²) in [6.07, 6.45) is 6.70. The number of nitrogens with one attached hydrogen (secondary N) is 1. The number of pyridine rings is 1. The number of aromatic nitrogens is 1. The van der Waals surface area contributed by atoms with Gasteiger partial charge >= 0.3 is 0 Å². The fourth-order valence-corrected chi connectivity index (χ4v) is 2.96. The van der Waals surface area contributed by atoms with E-state index in [-0.39, 0.29) is 10.6 Å². The molecular weight excluding hydrogens is 364 g/mol. The van der Waals surface area contributed by atoms with Gasteiger partial charge in [-0.2, -0.15) is 0 Å². The van der Waals surface area contributed by atoms with Crippen molar-refractivity contribution in [3.8, 4) is 12.3 Å². The van der Waals surface area contributed by atoms with Gasteiger partial charge in [0.2, 0.25) is 5.91 Å². The number of halogens is 3. The SMILES string of the molecule is C#C[C@@H]1CC(F)(F)CN1C(=O)CNC(=O)c1cc(CC(C)C)ncc1Cl. The van der Waals surface area contributed by atoms with Crippen LogP contribution in [0, 0.1) is 18.3 Å². The Labute approximate surface area is 156 Å². The van der Waals surface area contributed by atoms with Crippen LogP contribution in [0.15, 0.2) is 12.3 Å². The van der Waals surface area contributed by atoms with Gasteiger partial charge in [-0.1, -0.05) is 31.4 Å². The van der Waals surface area contributed by atoms with Crippen molar-refractivity contribution in [3.05, 3.63) is 28.5 Å². The normalized spacial score (nSPS) is 18.7. The Morgan fingerprint density at radius 1 is 1.54 bits per heavy atom. The molecule has 0 bridgehead atoms. The van der Waals surface area contributed by atoms with E-state index in [0.29, 0.717) is 18.0 Å². The number of carbonyl (C=O) groups excluding carboxylic acids is 2. The van der Waals surface area contributed by atoms with E-state index in [1.807, 2.05) is 13.8 Å². The van der Waals surface area contributed by atoms with Crippen molar-refractivity contribution >= 4 is 23.4 Å². The number of rotatable bonds is 5. The number of hydrogen-bond donors (Lipinski definition) is 1. The number of nitrogens with zero attached hydrogens (tertiary/aromatic N) is 2. The monoisotopic (exact) mass is 383 g/mol. The number of carbonyl (C=O) groups is 2. The lowest BCUT2D eigenvalue weighted by Gasteiger charge is -2.20. The van der Waals surface area contributed by atoms with Gasteiger partial charge in [-0.05, 0) is 18.4 Å². The van der Waals surface area contributed by atoms with Crippen LogP contribution in [-0.2, 0) is 11.2 Å². The number of amides is 2. The molecule has 1 aliphatic heterocycles. The number of alkyl halides is 2. The molecule has 0 spiro atoms. The summed E-state index contributed by atoms with van der Waals surface area (Å²) in [6, 6.07) is 0.590. The Balaban J connectivity index is 2.02. The van der Waals surface area contributed by atoms with Crippen LogP contribution >= 0.6 is 11.6 Å². The molecule has 1 aromatic heterocycles. The van der Waals surface area contributed by atoms with Crippen molar-refractivity contribution in [2.45, 2.75) is 38.7 Å². The Morgan fingerprint density at radius 2 is 2.23 bits per heavy atom. The minimum absolute atomic E-state index is 0.150. The Kier molecular flexibility index (Phi) is 6.19. The summed E-state index contributed by atoms with van der Waals surface area (Å²) in [6.45, 7) is 2.85. The summed E-state index contributed by atoms with van der Waals surface area (Å²) < 4.78 is 26.9. The quantitative estimate of drug-likeness (QED) is 0.795. The first-order valence-electron chi connectivity index (χ1n) is 8.19. The summed E-state index contributed by atoms with van der Waals surface area (Å²) in [4.78, 5) is 29.6. The maximum Gasteiger partial charge on any atom is 0.268 e. The highest BCUT2D eigenvalue weighted by Gasteiger charge is 2.46. The Bertz CT molecular complexity index is 746. The van der Waals surface area contributed by atoms with Crippen LogP contribution in [0.25, 0.3) is 0 Å². The molecule has 1 aromatic rings. The summed E-state index contributed by atoms with van der Waals surface area (Å²) in [5.74, 6) is -1.71. The molecule has 1 fully saturated rings. The van der Waals surface area contributed by atoms with E-state index in [0.717, 1.165) is 4.90 Å². The molecule has 0 saturated carbocycles. The molecule has 0 aliphatic carbocycles. The van der Waals surface area contributed by atoms with E-state index in [1.54, 1.807) is 6.07 Å². The third-order valence-corrected chi connectivity index (χ3v) is 4.26. The van der Waals surface area contributed by atoms with Gasteiger partial charge in [-0.3, -0.25) is 14.6 Å². The molecule has 0 aromatic carbocycles. The van der Waals surface area contributed by atoms with E-state index >= 15 is 0 Å². The van der Waals surface area contributed by atoms with E-state index in [4.69, 9.17) is 18.0 Å². The van der Waals surface area contributed by atoms with Gasteiger partial charge in [-0.25, -0.2) is 8.78 Å². The summed E-state index contributed by atoms with van der Waals surface area (Å²) in [5, 5.41) is 2.56. The maximum absolute atomic E-state index is 13.5. The van der Waals surface area contributed by atoms with Crippen molar-refractivity contribution in [2.24, 2.45) is 5.92 Å². The molecule has 2 heterocycles. The van der Waals surface area contributed by atoms with Crippen LogP contribution in [0.3, 0.4) is 0 Å². The van der Waals surface area contributed by atoms with Crippen LogP contribution in [0.2, 0.25) is 5.02 Å². The maximum atomic E-state index is 13.5. The van der Waals surface area contributed by atoms with Gasteiger partial charge in [0.1, 0.15) is 0 Å².